The number of hydrogen-bond donors (Lipinski definition) is 1. The van der Waals surface area contributed by atoms with Crippen LogP contribution in [0.15, 0.2) is 0 Å². The molecular formula is C7H17N2O2+. The van der Waals surface area contributed by atoms with Gasteiger partial charge >= 0.3 is 6.09 Å². The SMILES string of the molecule is CCOC(=O)N[N+](C)(C)CC. The molecule has 4 nitrogen and oxygen atoms in total. The molecule has 0 saturated heterocycles. The van der Waals surface area contributed by atoms with Gasteiger partial charge in [-0.15, -0.1) is 0 Å². The minimum absolute atomic E-state index is 0.362. The predicted molar refractivity (Wildman–Crippen MR) is 42.8 cm³/mol. The van der Waals surface area contributed by atoms with Crippen LogP contribution in [-0.4, -0.2) is 37.9 Å². The number of ether oxygens (including phenoxy) is 1. The van der Waals surface area contributed by atoms with Gasteiger partial charge in [0.05, 0.1) is 27.2 Å². The van der Waals surface area contributed by atoms with Crippen LogP contribution in [0, 0.1) is 0 Å². The summed E-state index contributed by atoms with van der Waals surface area (Å²) in [4.78, 5) is 10.9. The Morgan fingerprint density at radius 1 is 1.45 bits per heavy atom. The van der Waals surface area contributed by atoms with Crippen molar-refractivity contribution in [3.05, 3.63) is 0 Å². The van der Waals surface area contributed by atoms with E-state index in [4.69, 9.17) is 4.74 Å². The van der Waals surface area contributed by atoms with Crippen LogP contribution >= 0.6 is 0 Å². The lowest BCUT2D eigenvalue weighted by molar-refractivity contribution is -0.923. The summed E-state index contributed by atoms with van der Waals surface area (Å²) < 4.78 is 5.16. The van der Waals surface area contributed by atoms with Crippen molar-refractivity contribution in [2.75, 3.05) is 27.2 Å². The van der Waals surface area contributed by atoms with Gasteiger partial charge in [0, 0.05) is 0 Å². The van der Waals surface area contributed by atoms with Gasteiger partial charge in [0.25, 0.3) is 0 Å². The summed E-state index contributed by atoms with van der Waals surface area (Å²) in [7, 11) is 3.80. The fourth-order valence-corrected chi connectivity index (χ4v) is 0.490. The second kappa shape index (κ2) is 4.18. The highest BCUT2D eigenvalue weighted by molar-refractivity contribution is 5.65. The third kappa shape index (κ3) is 4.61. The van der Waals surface area contributed by atoms with Crippen LogP contribution in [0.4, 0.5) is 4.79 Å². The van der Waals surface area contributed by atoms with Crippen LogP contribution in [0.5, 0.6) is 0 Å². The van der Waals surface area contributed by atoms with Gasteiger partial charge in [-0.3, -0.25) is 0 Å². The lowest BCUT2D eigenvalue weighted by atomic mass is 10.6. The highest BCUT2D eigenvalue weighted by Gasteiger charge is 2.16. The molecule has 1 amide bonds. The Hall–Kier alpha value is -0.770. The molecule has 11 heavy (non-hydrogen) atoms. The van der Waals surface area contributed by atoms with E-state index in [1.165, 1.54) is 0 Å². The Bertz CT molecular complexity index is 134. The molecule has 0 bridgehead atoms. The van der Waals surface area contributed by atoms with Crippen LogP contribution in [0.25, 0.3) is 0 Å². The third-order valence-electron chi connectivity index (χ3n) is 1.46. The first-order valence-electron chi connectivity index (χ1n) is 3.80. The lowest BCUT2D eigenvalue weighted by Gasteiger charge is -2.26. The average molecular weight is 161 g/mol. The van der Waals surface area contributed by atoms with E-state index in [1.54, 1.807) is 6.92 Å². The molecule has 4 heteroatoms. The summed E-state index contributed by atoms with van der Waals surface area (Å²) in [5.41, 5.74) is 2.68. The van der Waals surface area contributed by atoms with Crippen molar-refractivity contribution in [3.8, 4) is 0 Å². The molecular weight excluding hydrogens is 144 g/mol. The van der Waals surface area contributed by atoms with Crippen molar-refractivity contribution >= 4 is 6.09 Å². The molecule has 0 aliphatic carbocycles. The molecule has 0 saturated carbocycles. The Kier molecular flexibility index (Phi) is 3.89. The number of nitrogens with zero attached hydrogens (tertiary/aromatic N) is 1. The Morgan fingerprint density at radius 3 is 2.36 bits per heavy atom. The van der Waals surface area contributed by atoms with Crippen LogP contribution in [0.1, 0.15) is 13.8 Å². The van der Waals surface area contributed by atoms with Crippen molar-refractivity contribution in [3.63, 3.8) is 0 Å². The highest BCUT2D eigenvalue weighted by atomic mass is 16.6. The van der Waals surface area contributed by atoms with Gasteiger partial charge in [-0.05, 0) is 13.8 Å². The van der Waals surface area contributed by atoms with Crippen molar-refractivity contribution < 1.29 is 14.1 Å². The molecule has 0 unspecified atom stereocenters. The Labute approximate surface area is 67.7 Å². The Morgan fingerprint density at radius 2 is 2.00 bits per heavy atom. The monoisotopic (exact) mass is 161 g/mol. The van der Waals surface area contributed by atoms with Gasteiger partial charge in [0.1, 0.15) is 0 Å². The van der Waals surface area contributed by atoms with E-state index >= 15 is 0 Å². The predicted octanol–water partition coefficient (Wildman–Crippen LogP) is 0.744. The number of quaternary nitrogens is 1. The van der Waals surface area contributed by atoms with Crippen molar-refractivity contribution in [2.24, 2.45) is 0 Å². The van der Waals surface area contributed by atoms with E-state index in [9.17, 15) is 4.79 Å². The second-order valence-electron chi connectivity index (χ2n) is 2.83. The van der Waals surface area contributed by atoms with Gasteiger partial charge in [0.15, 0.2) is 0 Å². The number of nitrogens with one attached hydrogen (secondary N) is 1. The van der Waals surface area contributed by atoms with Crippen molar-refractivity contribution in [1.29, 1.82) is 0 Å². The molecule has 0 rings (SSSR count). The second-order valence-corrected chi connectivity index (χ2v) is 2.83. The van der Waals surface area contributed by atoms with E-state index in [1.807, 2.05) is 21.0 Å². The number of hydrogen-bond acceptors (Lipinski definition) is 2. The van der Waals surface area contributed by atoms with Crippen LogP contribution in [0.2, 0.25) is 0 Å². The summed E-state index contributed by atoms with van der Waals surface area (Å²) >= 11 is 0. The first-order valence-corrected chi connectivity index (χ1v) is 3.80. The maximum absolute atomic E-state index is 10.9. The summed E-state index contributed by atoms with van der Waals surface area (Å²) in [6.45, 7) is 5.02. The number of rotatable bonds is 3. The zero-order chi connectivity index (χ0) is 8.91. The largest absolute Gasteiger partial charge is 0.451 e. The molecule has 0 radical (unpaired) electrons. The summed E-state index contributed by atoms with van der Waals surface area (Å²) in [5.74, 6) is 0. The fraction of sp³-hybridized carbons (Fsp3) is 0.857. The molecule has 0 fully saturated rings. The van der Waals surface area contributed by atoms with Gasteiger partial charge in [-0.25, -0.2) is 9.39 Å². The third-order valence-corrected chi connectivity index (χ3v) is 1.46. The van der Waals surface area contributed by atoms with E-state index in [-0.39, 0.29) is 6.09 Å². The molecule has 0 aromatic rings. The molecule has 0 aromatic heterocycles. The van der Waals surface area contributed by atoms with Crippen molar-refractivity contribution in [1.82, 2.24) is 5.43 Å². The topological polar surface area (TPSA) is 38.3 Å². The molecule has 0 spiro atoms. The number of amides is 1. The van der Waals surface area contributed by atoms with E-state index in [0.717, 1.165) is 6.54 Å². The summed E-state index contributed by atoms with van der Waals surface area (Å²) in [6.07, 6.45) is -0.362. The maximum atomic E-state index is 10.9. The first-order chi connectivity index (χ1) is 5.02. The smallest absolute Gasteiger partial charge is 0.447 e. The van der Waals surface area contributed by atoms with Crippen LogP contribution in [-0.2, 0) is 4.74 Å². The number of carbonyl (C=O) groups excluding carboxylic acids is 1. The van der Waals surface area contributed by atoms with Gasteiger partial charge in [-0.1, -0.05) is 0 Å². The maximum Gasteiger partial charge on any atom is 0.451 e. The van der Waals surface area contributed by atoms with Crippen LogP contribution < -0.4 is 5.43 Å². The molecule has 1 N–H and O–H groups in total. The molecule has 0 aromatic carbocycles. The minimum Gasteiger partial charge on any atom is -0.447 e. The highest BCUT2D eigenvalue weighted by Crippen LogP contribution is 1.89. The average Bonchev–Trinajstić information content (AvgIpc) is 1.87. The first kappa shape index (κ1) is 10.2. The van der Waals surface area contributed by atoms with Crippen molar-refractivity contribution in [2.45, 2.75) is 13.8 Å². The van der Waals surface area contributed by atoms with Gasteiger partial charge in [0.2, 0.25) is 0 Å². The van der Waals surface area contributed by atoms with Crippen LogP contribution in [0.3, 0.4) is 0 Å². The Balaban J connectivity index is 3.74. The summed E-state index contributed by atoms with van der Waals surface area (Å²) in [6, 6.07) is 0. The van der Waals surface area contributed by atoms with E-state index in [2.05, 4.69) is 5.43 Å². The fourth-order valence-electron chi connectivity index (χ4n) is 0.490. The van der Waals surface area contributed by atoms with Gasteiger partial charge < -0.3 is 4.74 Å². The summed E-state index contributed by atoms with van der Waals surface area (Å²) in [5, 5.41) is 0. The zero-order valence-electron chi connectivity index (χ0n) is 7.68. The van der Waals surface area contributed by atoms with E-state index in [0.29, 0.717) is 11.2 Å². The quantitative estimate of drug-likeness (QED) is 0.490. The normalized spacial score (nSPS) is 10.9. The molecule has 66 valence electrons. The molecule has 0 atom stereocenters. The molecule has 0 heterocycles. The molecule has 0 aliphatic heterocycles. The minimum atomic E-state index is -0.362. The number of carbonyl (C=O) groups is 1. The standard InChI is InChI=1S/C7H16N2O2/c1-5-9(3,4)8-7(10)11-6-2/h5-6H2,1-4H3/p+1. The molecule has 0 aliphatic rings. The zero-order valence-corrected chi connectivity index (χ0v) is 7.68. The lowest BCUT2D eigenvalue weighted by Crippen LogP contribution is -2.54. The van der Waals surface area contributed by atoms with Gasteiger partial charge in [-0.2, -0.15) is 5.43 Å². The van der Waals surface area contributed by atoms with E-state index < -0.39 is 0 Å².